The van der Waals surface area contributed by atoms with Gasteiger partial charge in [-0.25, -0.2) is 4.72 Å². The molecule has 1 aliphatic rings. The summed E-state index contributed by atoms with van der Waals surface area (Å²) >= 11 is 0. The molecule has 14 heavy (non-hydrogen) atoms. The zero-order chi connectivity index (χ0) is 10.9. The topological polar surface area (TPSA) is 140 Å². The second-order valence-corrected chi connectivity index (χ2v) is 3.86. The highest BCUT2D eigenvalue weighted by Gasteiger charge is 2.22. The smallest absolute Gasteiger partial charge is 0.345 e. The van der Waals surface area contributed by atoms with Crippen LogP contribution in [-0.4, -0.2) is 20.2 Å². The van der Waals surface area contributed by atoms with Crippen LogP contribution < -0.4 is 21.5 Å². The number of hydrogen-bond acceptors (Lipinski definition) is 5. The van der Waals surface area contributed by atoms with Crippen molar-refractivity contribution in [1.82, 2.24) is 10.0 Å². The third-order valence-electron chi connectivity index (χ3n) is 1.28. The Hall–Kier alpha value is -1.77. The van der Waals surface area contributed by atoms with Crippen molar-refractivity contribution in [3.05, 3.63) is 11.5 Å². The van der Waals surface area contributed by atoms with Crippen LogP contribution in [0, 0.1) is 0 Å². The predicted molar refractivity (Wildman–Crippen MR) is 48.7 cm³/mol. The molecule has 0 spiro atoms. The van der Waals surface area contributed by atoms with Crippen molar-refractivity contribution in [2.24, 2.45) is 15.9 Å². The van der Waals surface area contributed by atoms with Gasteiger partial charge in [-0.2, -0.15) is 8.42 Å². The van der Waals surface area contributed by atoms with E-state index in [1.54, 1.807) is 0 Å². The zero-order valence-corrected chi connectivity index (χ0v) is 8.05. The summed E-state index contributed by atoms with van der Waals surface area (Å²) in [4.78, 5) is 10.7. The van der Waals surface area contributed by atoms with Crippen molar-refractivity contribution < 1.29 is 13.2 Å². The van der Waals surface area contributed by atoms with E-state index in [1.165, 1.54) is 6.92 Å². The van der Waals surface area contributed by atoms with Crippen molar-refractivity contribution in [2.45, 2.75) is 6.92 Å². The maximum Gasteiger partial charge on any atom is 0.345 e. The van der Waals surface area contributed by atoms with Crippen LogP contribution in [0.3, 0.4) is 0 Å². The largest absolute Gasteiger partial charge is 0.383 e. The summed E-state index contributed by atoms with van der Waals surface area (Å²) in [5, 5.41) is 2.25. The lowest BCUT2D eigenvalue weighted by Crippen LogP contribution is -2.42. The SMILES string of the molecule is CC(=O)NC1=C(N)NS(=O)(=O)N=C1N. The normalized spacial score (nSPS) is 19.6. The Labute approximate surface area is 80.2 Å². The molecule has 0 aromatic carbocycles. The highest BCUT2D eigenvalue weighted by Crippen LogP contribution is 2.04. The number of nitrogens with zero attached hydrogens (tertiary/aromatic N) is 1. The van der Waals surface area contributed by atoms with Crippen LogP contribution in [-0.2, 0) is 15.0 Å². The van der Waals surface area contributed by atoms with Crippen LogP contribution in [0.1, 0.15) is 6.92 Å². The number of nitrogens with two attached hydrogens (primary N) is 2. The lowest BCUT2D eigenvalue weighted by Gasteiger charge is -2.16. The monoisotopic (exact) mass is 219 g/mol. The standard InChI is InChI=1S/C5H9N5O3S/c1-2(11)8-3-4(6)9-14(12,13)10-5(3)7/h9H,6H2,1H3,(H2,7,10)(H,8,11). The van der Waals surface area contributed by atoms with Crippen molar-refractivity contribution in [3.8, 4) is 0 Å². The molecule has 9 heteroatoms. The van der Waals surface area contributed by atoms with Crippen molar-refractivity contribution >= 4 is 22.0 Å². The molecule has 1 aliphatic heterocycles. The van der Waals surface area contributed by atoms with Gasteiger partial charge in [0.05, 0.1) is 0 Å². The molecule has 0 fully saturated rings. The third-order valence-corrected chi connectivity index (χ3v) is 2.20. The van der Waals surface area contributed by atoms with Crippen molar-refractivity contribution in [2.75, 3.05) is 0 Å². The summed E-state index contributed by atoms with van der Waals surface area (Å²) in [6.07, 6.45) is 0. The fraction of sp³-hybridized carbons (Fsp3) is 0.200. The first-order chi connectivity index (χ1) is 6.32. The minimum absolute atomic E-state index is 0.0349. The Morgan fingerprint density at radius 2 is 2.07 bits per heavy atom. The van der Waals surface area contributed by atoms with E-state index in [2.05, 4.69) is 9.71 Å². The van der Waals surface area contributed by atoms with E-state index in [9.17, 15) is 13.2 Å². The van der Waals surface area contributed by atoms with Crippen LogP contribution in [0.15, 0.2) is 15.9 Å². The van der Waals surface area contributed by atoms with Gasteiger partial charge in [-0.05, 0) is 0 Å². The van der Waals surface area contributed by atoms with Crippen LogP contribution in [0.4, 0.5) is 0 Å². The number of rotatable bonds is 1. The Morgan fingerprint density at radius 1 is 1.50 bits per heavy atom. The van der Waals surface area contributed by atoms with Gasteiger partial charge in [0.25, 0.3) is 0 Å². The van der Waals surface area contributed by atoms with Gasteiger partial charge in [-0.3, -0.25) is 4.79 Å². The van der Waals surface area contributed by atoms with Gasteiger partial charge in [-0.15, -0.1) is 4.40 Å². The fourth-order valence-corrected chi connectivity index (χ4v) is 1.61. The quantitative estimate of drug-likeness (QED) is 0.384. The van der Waals surface area contributed by atoms with Crippen LogP contribution in [0.5, 0.6) is 0 Å². The van der Waals surface area contributed by atoms with Gasteiger partial charge in [-0.1, -0.05) is 0 Å². The summed E-state index contributed by atoms with van der Waals surface area (Å²) < 4.78 is 26.8. The number of amides is 1. The van der Waals surface area contributed by atoms with Gasteiger partial charge >= 0.3 is 10.2 Å². The molecule has 0 unspecified atom stereocenters. The number of amidine groups is 1. The summed E-state index contributed by atoms with van der Waals surface area (Å²) in [5.74, 6) is -1.04. The highest BCUT2D eigenvalue weighted by molar-refractivity contribution is 7.88. The number of carbonyl (C=O) groups excluding carboxylic acids is 1. The van der Waals surface area contributed by atoms with E-state index in [1.807, 2.05) is 4.72 Å². The van der Waals surface area contributed by atoms with E-state index in [0.29, 0.717) is 0 Å². The van der Waals surface area contributed by atoms with Crippen molar-refractivity contribution in [3.63, 3.8) is 0 Å². The first-order valence-corrected chi connectivity index (χ1v) is 4.92. The second kappa shape index (κ2) is 3.18. The van der Waals surface area contributed by atoms with E-state index >= 15 is 0 Å². The molecular weight excluding hydrogens is 210 g/mol. The molecule has 0 saturated heterocycles. The second-order valence-electron chi connectivity index (χ2n) is 2.52. The number of nitrogens with one attached hydrogen (secondary N) is 2. The molecule has 1 amide bonds. The molecule has 0 aromatic heterocycles. The molecule has 0 saturated carbocycles. The van der Waals surface area contributed by atoms with Crippen LogP contribution in [0.2, 0.25) is 0 Å². The van der Waals surface area contributed by atoms with Gasteiger partial charge < -0.3 is 16.8 Å². The molecule has 0 bridgehead atoms. The Bertz CT molecular complexity index is 434. The van der Waals surface area contributed by atoms with Gasteiger partial charge in [0, 0.05) is 6.92 Å². The average molecular weight is 219 g/mol. The maximum atomic E-state index is 10.9. The molecule has 6 N–H and O–H groups in total. The van der Waals surface area contributed by atoms with E-state index in [0.717, 1.165) is 0 Å². The molecule has 0 aliphatic carbocycles. The zero-order valence-electron chi connectivity index (χ0n) is 7.23. The predicted octanol–water partition coefficient (Wildman–Crippen LogP) is -2.54. The average Bonchev–Trinajstić information content (AvgIpc) is 1.94. The van der Waals surface area contributed by atoms with E-state index in [4.69, 9.17) is 11.5 Å². The van der Waals surface area contributed by atoms with Gasteiger partial charge in [0.15, 0.2) is 5.84 Å². The Morgan fingerprint density at radius 3 is 2.50 bits per heavy atom. The van der Waals surface area contributed by atoms with E-state index < -0.39 is 16.1 Å². The number of hydrogen-bond donors (Lipinski definition) is 4. The van der Waals surface area contributed by atoms with Gasteiger partial charge in [0.1, 0.15) is 11.5 Å². The minimum atomic E-state index is -3.87. The molecule has 0 radical (unpaired) electrons. The maximum absolute atomic E-state index is 10.9. The van der Waals surface area contributed by atoms with Crippen molar-refractivity contribution in [1.29, 1.82) is 0 Å². The summed E-state index contributed by atoms with van der Waals surface area (Å²) in [5.41, 5.74) is 10.5. The fourth-order valence-electron chi connectivity index (χ4n) is 0.833. The summed E-state index contributed by atoms with van der Waals surface area (Å²) in [6, 6.07) is 0. The first kappa shape index (κ1) is 10.3. The minimum Gasteiger partial charge on any atom is -0.383 e. The Kier molecular flexibility index (Phi) is 2.34. The Balaban J connectivity index is 3.09. The van der Waals surface area contributed by atoms with E-state index in [-0.39, 0.29) is 17.4 Å². The molecule has 8 nitrogen and oxygen atoms in total. The third kappa shape index (κ3) is 2.13. The summed E-state index contributed by atoms with van der Waals surface area (Å²) in [6.45, 7) is 1.23. The van der Waals surface area contributed by atoms with Gasteiger partial charge in [0.2, 0.25) is 5.91 Å². The molecule has 0 atom stereocenters. The molecule has 1 rings (SSSR count). The summed E-state index contributed by atoms with van der Waals surface area (Å²) in [7, 11) is -3.87. The lowest BCUT2D eigenvalue weighted by molar-refractivity contribution is -0.118. The van der Waals surface area contributed by atoms with Crippen LogP contribution >= 0.6 is 0 Å². The molecule has 0 aromatic rings. The first-order valence-electron chi connectivity index (χ1n) is 3.48. The molecule has 78 valence electrons. The lowest BCUT2D eigenvalue weighted by atomic mass is 10.4. The van der Waals surface area contributed by atoms with Crippen LogP contribution in [0.25, 0.3) is 0 Å². The molecule has 1 heterocycles. The number of carbonyl (C=O) groups is 1. The molecular formula is C5H9N5O3S. The highest BCUT2D eigenvalue weighted by atomic mass is 32.2.